The third kappa shape index (κ3) is 2.37. The topological polar surface area (TPSA) is 72.8 Å². The van der Waals surface area contributed by atoms with Gasteiger partial charge in [-0.3, -0.25) is 9.48 Å². The molecule has 0 aliphatic carbocycles. The van der Waals surface area contributed by atoms with E-state index in [1.165, 1.54) is 11.3 Å². The van der Waals surface area contributed by atoms with Crippen LogP contribution in [0.3, 0.4) is 0 Å². The van der Waals surface area contributed by atoms with Gasteiger partial charge in [-0.25, -0.2) is 4.98 Å². The summed E-state index contributed by atoms with van der Waals surface area (Å²) in [4.78, 5) is 18.8. The molecule has 0 saturated carbocycles. The molecule has 6 nitrogen and oxygen atoms in total. The first-order valence-electron chi connectivity index (χ1n) is 5.88. The minimum absolute atomic E-state index is 0.122. The van der Waals surface area contributed by atoms with Gasteiger partial charge < -0.3 is 9.72 Å². The number of hydrogen-bond acceptors (Lipinski definition) is 5. The summed E-state index contributed by atoms with van der Waals surface area (Å²) in [5.74, 6) is 1.18. The van der Waals surface area contributed by atoms with Gasteiger partial charge in [0.05, 0.1) is 17.9 Å². The van der Waals surface area contributed by atoms with Crippen LogP contribution in [0.2, 0.25) is 0 Å². The normalized spacial score (nSPS) is 11.0. The zero-order chi connectivity index (χ0) is 13.2. The molecule has 3 rings (SSSR count). The standard InChI is InChI=1S/C12H12N4O2S/c1-2-16-6-8(5-13-16)18-7-10-14-9-3-4-19-11(9)12(17)15-10/h3-6H,2,7H2,1H3,(H,14,15,17). The predicted molar refractivity (Wildman–Crippen MR) is 72.5 cm³/mol. The third-order valence-electron chi connectivity index (χ3n) is 2.67. The van der Waals surface area contributed by atoms with Crippen LogP contribution < -0.4 is 10.3 Å². The fraction of sp³-hybridized carbons (Fsp3) is 0.250. The van der Waals surface area contributed by atoms with Gasteiger partial charge in [0.15, 0.2) is 5.75 Å². The molecule has 0 fully saturated rings. The smallest absolute Gasteiger partial charge is 0.268 e. The Morgan fingerprint density at radius 2 is 2.42 bits per heavy atom. The minimum atomic E-state index is -0.122. The quantitative estimate of drug-likeness (QED) is 0.788. The van der Waals surface area contributed by atoms with Crippen molar-refractivity contribution in [3.05, 3.63) is 40.0 Å². The van der Waals surface area contributed by atoms with Crippen molar-refractivity contribution in [1.82, 2.24) is 19.7 Å². The van der Waals surface area contributed by atoms with Crippen LogP contribution in [0, 0.1) is 0 Å². The van der Waals surface area contributed by atoms with Gasteiger partial charge in [0.1, 0.15) is 17.1 Å². The Hall–Kier alpha value is -2.15. The molecule has 0 unspecified atom stereocenters. The first-order valence-corrected chi connectivity index (χ1v) is 6.76. The molecular weight excluding hydrogens is 264 g/mol. The Kier molecular flexibility index (Phi) is 3.04. The van der Waals surface area contributed by atoms with Gasteiger partial charge in [0.25, 0.3) is 5.56 Å². The van der Waals surface area contributed by atoms with Crippen LogP contribution in [0.5, 0.6) is 5.75 Å². The molecule has 3 aromatic rings. The van der Waals surface area contributed by atoms with Crippen molar-refractivity contribution in [2.24, 2.45) is 0 Å². The Balaban J connectivity index is 1.79. The molecule has 19 heavy (non-hydrogen) atoms. The van der Waals surface area contributed by atoms with Crippen LogP contribution in [-0.2, 0) is 13.2 Å². The summed E-state index contributed by atoms with van der Waals surface area (Å²) in [6.07, 6.45) is 3.45. The Labute approximate surface area is 112 Å². The highest BCUT2D eigenvalue weighted by atomic mass is 32.1. The fourth-order valence-electron chi connectivity index (χ4n) is 1.73. The van der Waals surface area contributed by atoms with Gasteiger partial charge >= 0.3 is 0 Å². The second-order valence-electron chi connectivity index (χ2n) is 3.97. The molecule has 0 amide bonds. The Morgan fingerprint density at radius 3 is 3.21 bits per heavy atom. The van der Waals surface area contributed by atoms with Crippen molar-refractivity contribution in [1.29, 1.82) is 0 Å². The monoisotopic (exact) mass is 276 g/mol. The number of aromatic amines is 1. The van der Waals surface area contributed by atoms with Gasteiger partial charge in [0, 0.05) is 6.54 Å². The van der Waals surface area contributed by atoms with Crippen LogP contribution in [0.1, 0.15) is 12.7 Å². The van der Waals surface area contributed by atoms with E-state index in [4.69, 9.17) is 4.74 Å². The van der Waals surface area contributed by atoms with E-state index in [1.807, 2.05) is 18.4 Å². The lowest BCUT2D eigenvalue weighted by molar-refractivity contribution is 0.295. The van der Waals surface area contributed by atoms with Crippen molar-refractivity contribution >= 4 is 21.6 Å². The number of nitrogens with zero attached hydrogens (tertiary/aromatic N) is 3. The average molecular weight is 276 g/mol. The van der Waals surface area contributed by atoms with E-state index in [0.29, 0.717) is 21.8 Å². The number of thiophene rings is 1. The van der Waals surface area contributed by atoms with E-state index in [9.17, 15) is 4.79 Å². The summed E-state index contributed by atoms with van der Waals surface area (Å²) >= 11 is 1.38. The number of rotatable bonds is 4. The molecule has 3 heterocycles. The number of H-pyrrole nitrogens is 1. The van der Waals surface area contributed by atoms with Crippen LogP contribution in [0.15, 0.2) is 28.6 Å². The number of aromatic nitrogens is 4. The lowest BCUT2D eigenvalue weighted by Gasteiger charge is -2.02. The Morgan fingerprint density at radius 1 is 1.53 bits per heavy atom. The molecule has 7 heteroatoms. The number of nitrogens with one attached hydrogen (secondary N) is 1. The van der Waals surface area contributed by atoms with Crippen molar-refractivity contribution in [2.45, 2.75) is 20.1 Å². The maximum atomic E-state index is 11.8. The molecule has 0 spiro atoms. The lowest BCUT2D eigenvalue weighted by Crippen LogP contribution is -2.12. The molecule has 98 valence electrons. The van der Waals surface area contributed by atoms with Crippen molar-refractivity contribution < 1.29 is 4.74 Å². The number of fused-ring (bicyclic) bond motifs is 1. The van der Waals surface area contributed by atoms with E-state index in [2.05, 4.69) is 15.1 Å². The number of aryl methyl sites for hydroxylation is 1. The summed E-state index contributed by atoms with van der Waals surface area (Å²) in [5, 5.41) is 5.96. The molecule has 0 aliphatic rings. The van der Waals surface area contributed by atoms with Crippen LogP contribution in [0.4, 0.5) is 0 Å². The second-order valence-corrected chi connectivity index (χ2v) is 4.88. The van der Waals surface area contributed by atoms with Crippen molar-refractivity contribution in [2.75, 3.05) is 0 Å². The number of ether oxygens (including phenoxy) is 1. The summed E-state index contributed by atoms with van der Waals surface area (Å²) < 4.78 is 7.96. The highest BCUT2D eigenvalue weighted by Gasteiger charge is 2.06. The van der Waals surface area contributed by atoms with E-state index in [-0.39, 0.29) is 12.2 Å². The van der Waals surface area contributed by atoms with Gasteiger partial charge in [-0.15, -0.1) is 11.3 Å². The Bertz CT molecular complexity index is 758. The maximum absolute atomic E-state index is 11.8. The highest BCUT2D eigenvalue weighted by molar-refractivity contribution is 7.17. The summed E-state index contributed by atoms with van der Waals surface area (Å²) in [7, 11) is 0. The second kappa shape index (κ2) is 4.85. The lowest BCUT2D eigenvalue weighted by atomic mass is 10.4. The number of hydrogen-bond donors (Lipinski definition) is 1. The van der Waals surface area contributed by atoms with E-state index in [1.54, 1.807) is 17.1 Å². The van der Waals surface area contributed by atoms with Gasteiger partial charge in [-0.1, -0.05) is 0 Å². The van der Waals surface area contributed by atoms with Crippen LogP contribution >= 0.6 is 11.3 Å². The van der Waals surface area contributed by atoms with Crippen LogP contribution in [-0.4, -0.2) is 19.7 Å². The van der Waals surface area contributed by atoms with Gasteiger partial charge in [0.2, 0.25) is 0 Å². The van der Waals surface area contributed by atoms with Crippen molar-refractivity contribution in [3.8, 4) is 5.75 Å². The highest BCUT2D eigenvalue weighted by Crippen LogP contribution is 2.14. The molecule has 0 saturated heterocycles. The zero-order valence-corrected chi connectivity index (χ0v) is 11.1. The zero-order valence-electron chi connectivity index (χ0n) is 10.3. The fourth-order valence-corrected chi connectivity index (χ4v) is 2.46. The molecule has 0 bridgehead atoms. The minimum Gasteiger partial charge on any atom is -0.482 e. The molecular formula is C12H12N4O2S. The van der Waals surface area contributed by atoms with Gasteiger partial charge in [-0.2, -0.15) is 5.10 Å². The predicted octanol–water partition coefficient (Wildman–Crippen LogP) is 1.78. The third-order valence-corrected chi connectivity index (χ3v) is 3.58. The molecule has 1 N–H and O–H groups in total. The van der Waals surface area contributed by atoms with Crippen molar-refractivity contribution in [3.63, 3.8) is 0 Å². The largest absolute Gasteiger partial charge is 0.482 e. The first kappa shape index (κ1) is 11.9. The van der Waals surface area contributed by atoms with E-state index >= 15 is 0 Å². The maximum Gasteiger partial charge on any atom is 0.268 e. The molecule has 0 aliphatic heterocycles. The summed E-state index contributed by atoms with van der Waals surface area (Å²) in [6, 6.07) is 1.83. The SMILES string of the molecule is CCn1cc(OCc2nc3ccsc3c(=O)[nH]2)cn1. The van der Waals surface area contributed by atoms with E-state index < -0.39 is 0 Å². The summed E-state index contributed by atoms with van der Waals surface area (Å²) in [5.41, 5.74) is 0.583. The molecule has 3 aromatic heterocycles. The average Bonchev–Trinajstić information content (AvgIpc) is 3.05. The van der Waals surface area contributed by atoms with E-state index in [0.717, 1.165) is 6.54 Å². The molecule has 0 radical (unpaired) electrons. The summed E-state index contributed by atoms with van der Waals surface area (Å²) in [6.45, 7) is 3.01. The van der Waals surface area contributed by atoms with Gasteiger partial charge in [-0.05, 0) is 18.4 Å². The first-order chi connectivity index (χ1) is 9.26. The molecule has 0 aromatic carbocycles. The van der Waals surface area contributed by atoms with Crippen LogP contribution in [0.25, 0.3) is 10.2 Å². The molecule has 0 atom stereocenters.